The number of nitrogens with one attached hydrogen (secondary N) is 1. The van der Waals surface area contributed by atoms with Gasteiger partial charge >= 0.3 is 6.09 Å². The lowest BCUT2D eigenvalue weighted by Gasteiger charge is -2.34. The SMILES string of the molecule is C#Cc1cc(N2C(=O)OCC2C(C)C)nc2nc(Nc3ccc(N4CCN(C)CC4)cc3)ncc12. The third kappa shape index (κ3) is 4.57. The number of nitrogens with zero attached hydrogens (tertiary/aromatic N) is 6. The summed E-state index contributed by atoms with van der Waals surface area (Å²) in [7, 11) is 2.15. The molecule has 2 aliphatic heterocycles. The van der Waals surface area contributed by atoms with Crippen molar-refractivity contribution in [2.75, 3.05) is 55.0 Å². The second-order valence-corrected chi connectivity index (χ2v) is 9.32. The molecule has 0 aliphatic carbocycles. The Morgan fingerprint density at radius 2 is 1.89 bits per heavy atom. The summed E-state index contributed by atoms with van der Waals surface area (Å²) in [6.07, 6.45) is 7.01. The predicted molar refractivity (Wildman–Crippen MR) is 137 cm³/mol. The molecular formula is C26H29N7O2. The predicted octanol–water partition coefficient (Wildman–Crippen LogP) is 3.48. The van der Waals surface area contributed by atoms with Gasteiger partial charge in [-0.3, -0.25) is 4.90 Å². The molecule has 35 heavy (non-hydrogen) atoms. The molecule has 4 heterocycles. The standard InChI is InChI=1S/C26H29N7O2/c1-5-18-14-23(33-22(17(2)3)16-35-26(33)34)29-24-21(18)15-27-25(30-24)28-19-6-8-20(9-7-19)32-12-10-31(4)11-13-32/h1,6-9,14-15,17,22H,10-13,16H2,2-4H3,(H,27,28,29,30). The highest BCUT2D eigenvalue weighted by molar-refractivity contribution is 5.92. The van der Waals surface area contributed by atoms with Gasteiger partial charge in [0.1, 0.15) is 12.4 Å². The number of terminal acetylenes is 1. The average molecular weight is 472 g/mol. The molecule has 3 aromatic rings. The lowest BCUT2D eigenvalue weighted by Crippen LogP contribution is -2.44. The number of carbonyl (C=O) groups excluding carboxylic acids is 1. The largest absolute Gasteiger partial charge is 0.447 e. The van der Waals surface area contributed by atoms with Crippen LogP contribution in [0.3, 0.4) is 0 Å². The fourth-order valence-corrected chi connectivity index (χ4v) is 4.44. The molecule has 0 bridgehead atoms. The summed E-state index contributed by atoms with van der Waals surface area (Å²) in [6, 6.07) is 9.85. The Balaban J connectivity index is 1.41. The minimum atomic E-state index is -0.425. The molecule has 2 fully saturated rings. The molecule has 0 saturated carbocycles. The van der Waals surface area contributed by atoms with Crippen molar-refractivity contribution in [1.82, 2.24) is 19.9 Å². The van der Waals surface area contributed by atoms with Gasteiger partial charge in [0.15, 0.2) is 5.65 Å². The number of benzene rings is 1. The first kappa shape index (κ1) is 22.9. The van der Waals surface area contributed by atoms with Crippen LogP contribution in [0.1, 0.15) is 19.4 Å². The Morgan fingerprint density at radius 3 is 2.57 bits per heavy atom. The van der Waals surface area contributed by atoms with Crippen molar-refractivity contribution in [1.29, 1.82) is 0 Å². The van der Waals surface area contributed by atoms with E-state index in [4.69, 9.17) is 11.2 Å². The van der Waals surface area contributed by atoms with Crippen LogP contribution in [-0.4, -0.2) is 71.8 Å². The van der Waals surface area contributed by atoms with Crippen molar-refractivity contribution in [3.05, 3.63) is 42.1 Å². The normalized spacial score (nSPS) is 18.7. The molecule has 0 radical (unpaired) electrons. The molecule has 180 valence electrons. The van der Waals surface area contributed by atoms with E-state index in [1.54, 1.807) is 17.2 Å². The molecule has 0 spiro atoms. The molecular weight excluding hydrogens is 442 g/mol. The summed E-state index contributed by atoms with van der Waals surface area (Å²) in [5, 5.41) is 3.90. The van der Waals surface area contributed by atoms with E-state index < -0.39 is 6.09 Å². The number of carbonyl (C=O) groups is 1. The highest BCUT2D eigenvalue weighted by Crippen LogP contribution is 2.29. The summed E-state index contributed by atoms with van der Waals surface area (Å²) in [4.78, 5) is 32.4. The number of hydrogen-bond acceptors (Lipinski definition) is 8. The zero-order chi connectivity index (χ0) is 24.5. The molecule has 1 N–H and O–H groups in total. The molecule has 5 rings (SSSR count). The number of rotatable bonds is 5. The maximum absolute atomic E-state index is 12.5. The fourth-order valence-electron chi connectivity index (χ4n) is 4.44. The number of aromatic nitrogens is 3. The molecule has 1 unspecified atom stereocenters. The molecule has 2 aliphatic rings. The van der Waals surface area contributed by atoms with Crippen molar-refractivity contribution >= 4 is 40.3 Å². The zero-order valence-electron chi connectivity index (χ0n) is 20.2. The van der Waals surface area contributed by atoms with Crippen LogP contribution in [0.5, 0.6) is 0 Å². The molecule has 1 amide bonds. The van der Waals surface area contributed by atoms with E-state index in [9.17, 15) is 4.79 Å². The number of hydrogen-bond donors (Lipinski definition) is 1. The van der Waals surface area contributed by atoms with Gasteiger partial charge in [0, 0.05) is 49.3 Å². The summed E-state index contributed by atoms with van der Waals surface area (Å²) in [5.74, 6) is 3.72. The first-order chi connectivity index (χ1) is 16.9. The van der Waals surface area contributed by atoms with Gasteiger partial charge in [-0.2, -0.15) is 4.98 Å². The summed E-state index contributed by atoms with van der Waals surface area (Å²) >= 11 is 0. The topological polar surface area (TPSA) is 86.7 Å². The van der Waals surface area contributed by atoms with Gasteiger partial charge in [-0.05, 0) is 43.3 Å². The average Bonchev–Trinajstić information content (AvgIpc) is 3.26. The van der Waals surface area contributed by atoms with Crippen molar-refractivity contribution in [3.63, 3.8) is 0 Å². The van der Waals surface area contributed by atoms with Gasteiger partial charge in [0.05, 0.1) is 11.4 Å². The minimum Gasteiger partial charge on any atom is -0.447 e. The van der Waals surface area contributed by atoms with Crippen molar-refractivity contribution in [2.45, 2.75) is 19.9 Å². The third-order valence-electron chi connectivity index (χ3n) is 6.62. The Kier molecular flexibility index (Phi) is 6.14. The lowest BCUT2D eigenvalue weighted by atomic mass is 10.0. The van der Waals surface area contributed by atoms with Gasteiger partial charge in [-0.25, -0.2) is 14.8 Å². The maximum Gasteiger partial charge on any atom is 0.415 e. The van der Waals surface area contributed by atoms with Crippen molar-refractivity contribution in [3.8, 4) is 12.3 Å². The quantitative estimate of drug-likeness (QED) is 0.566. The van der Waals surface area contributed by atoms with Crippen LogP contribution in [0, 0.1) is 18.3 Å². The fraction of sp³-hybridized carbons (Fsp3) is 0.385. The van der Waals surface area contributed by atoms with E-state index in [2.05, 4.69) is 55.2 Å². The van der Waals surface area contributed by atoms with Crippen LogP contribution in [0.15, 0.2) is 36.5 Å². The number of cyclic esters (lactones) is 1. The number of amides is 1. The number of anilines is 4. The van der Waals surface area contributed by atoms with Crippen LogP contribution < -0.4 is 15.1 Å². The van der Waals surface area contributed by atoms with E-state index in [0.717, 1.165) is 31.9 Å². The van der Waals surface area contributed by atoms with Crippen LogP contribution in [0.4, 0.5) is 27.9 Å². The minimum absolute atomic E-state index is 0.115. The Bertz CT molecular complexity index is 1280. The van der Waals surface area contributed by atoms with Crippen LogP contribution in [-0.2, 0) is 4.74 Å². The molecule has 1 aromatic carbocycles. The first-order valence-electron chi connectivity index (χ1n) is 11.8. The van der Waals surface area contributed by atoms with Crippen molar-refractivity contribution in [2.24, 2.45) is 5.92 Å². The number of fused-ring (bicyclic) bond motifs is 1. The highest BCUT2D eigenvalue weighted by Gasteiger charge is 2.37. The van der Waals surface area contributed by atoms with E-state index in [0.29, 0.717) is 35.0 Å². The summed E-state index contributed by atoms with van der Waals surface area (Å²) < 4.78 is 5.29. The Labute approximate surface area is 205 Å². The summed E-state index contributed by atoms with van der Waals surface area (Å²) in [6.45, 7) is 8.57. The van der Waals surface area contributed by atoms with E-state index >= 15 is 0 Å². The van der Waals surface area contributed by atoms with Crippen LogP contribution in [0.2, 0.25) is 0 Å². The lowest BCUT2D eigenvalue weighted by molar-refractivity contribution is 0.177. The molecule has 9 heteroatoms. The van der Waals surface area contributed by atoms with E-state index in [1.165, 1.54) is 5.69 Å². The van der Waals surface area contributed by atoms with Gasteiger partial charge in [0.2, 0.25) is 5.95 Å². The Hall–Kier alpha value is -3.90. The Morgan fingerprint density at radius 1 is 1.14 bits per heavy atom. The maximum atomic E-state index is 12.5. The molecule has 2 saturated heterocycles. The monoisotopic (exact) mass is 471 g/mol. The van der Waals surface area contributed by atoms with Crippen LogP contribution in [0.25, 0.3) is 11.0 Å². The van der Waals surface area contributed by atoms with E-state index in [-0.39, 0.29) is 12.0 Å². The van der Waals surface area contributed by atoms with Crippen LogP contribution >= 0.6 is 0 Å². The van der Waals surface area contributed by atoms with Gasteiger partial charge < -0.3 is 19.9 Å². The second kappa shape index (κ2) is 9.39. The molecule has 1 atom stereocenters. The number of ether oxygens (including phenoxy) is 1. The van der Waals surface area contributed by atoms with Gasteiger partial charge in [-0.15, -0.1) is 6.42 Å². The smallest absolute Gasteiger partial charge is 0.415 e. The van der Waals surface area contributed by atoms with Gasteiger partial charge in [0.25, 0.3) is 0 Å². The molecule has 2 aromatic heterocycles. The highest BCUT2D eigenvalue weighted by atomic mass is 16.6. The van der Waals surface area contributed by atoms with Crippen molar-refractivity contribution < 1.29 is 9.53 Å². The summed E-state index contributed by atoms with van der Waals surface area (Å²) in [5.41, 5.74) is 3.07. The number of pyridine rings is 1. The number of likely N-dealkylation sites (N-methyl/N-ethyl adjacent to an activating group) is 1. The zero-order valence-corrected chi connectivity index (χ0v) is 20.2. The first-order valence-corrected chi connectivity index (χ1v) is 11.8. The van der Waals surface area contributed by atoms with E-state index in [1.807, 2.05) is 26.0 Å². The number of piperazine rings is 1. The van der Waals surface area contributed by atoms with Gasteiger partial charge in [-0.1, -0.05) is 19.8 Å². The second-order valence-electron chi connectivity index (χ2n) is 9.32. The third-order valence-corrected chi connectivity index (χ3v) is 6.62. The molecule has 9 nitrogen and oxygen atoms in total.